The lowest BCUT2D eigenvalue weighted by Gasteiger charge is -2.14. The molecule has 34 heavy (non-hydrogen) atoms. The summed E-state index contributed by atoms with van der Waals surface area (Å²) in [4.78, 5) is 0. The predicted molar refractivity (Wildman–Crippen MR) is 147 cm³/mol. The third kappa shape index (κ3) is 4.20. The van der Waals surface area contributed by atoms with Crippen molar-refractivity contribution in [3.8, 4) is 44.5 Å². The summed E-state index contributed by atoms with van der Waals surface area (Å²) in [6.07, 6.45) is 0. The van der Waals surface area contributed by atoms with Gasteiger partial charge in [0.15, 0.2) is 0 Å². The molecule has 0 heteroatoms. The summed E-state index contributed by atoms with van der Waals surface area (Å²) in [6.45, 7) is 8.76. The van der Waals surface area contributed by atoms with E-state index in [4.69, 9.17) is 0 Å². The normalized spacial score (nSPS) is 10.9. The van der Waals surface area contributed by atoms with Gasteiger partial charge in [-0.05, 0) is 113 Å². The summed E-state index contributed by atoms with van der Waals surface area (Å²) in [5, 5.41) is 0. The van der Waals surface area contributed by atoms with Crippen molar-refractivity contribution in [3.05, 3.63) is 131 Å². The van der Waals surface area contributed by atoms with Gasteiger partial charge in [-0.25, -0.2) is 0 Å². The van der Waals surface area contributed by atoms with Crippen LogP contribution >= 0.6 is 0 Å². The highest BCUT2D eigenvalue weighted by Crippen LogP contribution is 2.35. The van der Waals surface area contributed by atoms with E-state index in [1.807, 2.05) is 0 Å². The number of benzene rings is 5. The van der Waals surface area contributed by atoms with E-state index >= 15 is 0 Å². The molecule has 0 unspecified atom stereocenters. The largest absolute Gasteiger partial charge is 0.0620 e. The fourth-order valence-corrected chi connectivity index (χ4v) is 4.81. The lowest BCUT2D eigenvalue weighted by molar-refractivity contribution is 1.40. The summed E-state index contributed by atoms with van der Waals surface area (Å²) in [7, 11) is 0. The minimum absolute atomic E-state index is 1.24. The van der Waals surface area contributed by atoms with Crippen LogP contribution in [0.3, 0.4) is 0 Å². The Balaban J connectivity index is 1.57. The van der Waals surface area contributed by atoms with Gasteiger partial charge < -0.3 is 0 Å². The topological polar surface area (TPSA) is 0 Å². The highest BCUT2D eigenvalue weighted by Gasteiger charge is 2.10. The average molecular weight is 439 g/mol. The molecule has 0 N–H and O–H groups in total. The van der Waals surface area contributed by atoms with Crippen molar-refractivity contribution in [1.82, 2.24) is 0 Å². The van der Waals surface area contributed by atoms with Crippen LogP contribution in [0.15, 0.2) is 109 Å². The minimum Gasteiger partial charge on any atom is -0.0620 e. The Bertz CT molecular complexity index is 1380. The molecule has 0 atom stereocenters. The van der Waals surface area contributed by atoms with E-state index in [2.05, 4.69) is 137 Å². The van der Waals surface area contributed by atoms with Gasteiger partial charge in [-0.1, -0.05) is 91.0 Å². The van der Waals surface area contributed by atoms with Gasteiger partial charge in [0.05, 0.1) is 0 Å². The summed E-state index contributed by atoms with van der Waals surface area (Å²) in [5.41, 5.74) is 15.4. The van der Waals surface area contributed by atoms with Crippen molar-refractivity contribution in [2.75, 3.05) is 0 Å². The number of hydrogen-bond donors (Lipinski definition) is 0. The van der Waals surface area contributed by atoms with Crippen LogP contribution in [0, 0.1) is 27.7 Å². The third-order valence-electron chi connectivity index (χ3n) is 6.87. The van der Waals surface area contributed by atoms with E-state index in [0.717, 1.165) is 0 Å². The van der Waals surface area contributed by atoms with Crippen LogP contribution in [-0.2, 0) is 0 Å². The summed E-state index contributed by atoms with van der Waals surface area (Å²) in [6, 6.07) is 39.8. The average Bonchev–Trinajstić information content (AvgIpc) is 2.86. The van der Waals surface area contributed by atoms with E-state index in [0.29, 0.717) is 0 Å². The van der Waals surface area contributed by atoms with Gasteiger partial charge in [-0.2, -0.15) is 0 Å². The van der Waals surface area contributed by atoms with Crippen molar-refractivity contribution in [2.24, 2.45) is 0 Å². The van der Waals surface area contributed by atoms with E-state index < -0.39 is 0 Å². The molecule has 166 valence electrons. The molecular weight excluding hydrogens is 408 g/mol. The maximum Gasteiger partial charge on any atom is -0.0146 e. The smallest absolute Gasteiger partial charge is 0.0146 e. The van der Waals surface area contributed by atoms with Crippen LogP contribution in [-0.4, -0.2) is 0 Å². The van der Waals surface area contributed by atoms with Gasteiger partial charge in [-0.3, -0.25) is 0 Å². The first-order valence-corrected chi connectivity index (χ1v) is 12.0. The lowest BCUT2D eigenvalue weighted by Crippen LogP contribution is -1.90. The highest BCUT2D eigenvalue weighted by molar-refractivity contribution is 5.81. The monoisotopic (exact) mass is 438 g/mol. The van der Waals surface area contributed by atoms with Crippen molar-refractivity contribution in [1.29, 1.82) is 0 Å². The van der Waals surface area contributed by atoms with Crippen molar-refractivity contribution >= 4 is 0 Å². The van der Waals surface area contributed by atoms with E-state index in [1.54, 1.807) is 0 Å². The molecule has 0 aliphatic heterocycles. The third-order valence-corrected chi connectivity index (χ3v) is 6.87. The minimum atomic E-state index is 1.24. The van der Waals surface area contributed by atoms with Crippen LogP contribution in [0.1, 0.15) is 22.3 Å². The van der Waals surface area contributed by atoms with Gasteiger partial charge in [0.25, 0.3) is 0 Å². The number of aryl methyl sites for hydroxylation is 4. The molecule has 0 saturated heterocycles. The zero-order valence-electron chi connectivity index (χ0n) is 20.4. The van der Waals surface area contributed by atoms with Crippen LogP contribution in [0.2, 0.25) is 0 Å². The van der Waals surface area contributed by atoms with E-state index in [-0.39, 0.29) is 0 Å². The van der Waals surface area contributed by atoms with Gasteiger partial charge in [0.2, 0.25) is 0 Å². The summed E-state index contributed by atoms with van der Waals surface area (Å²) in [5.74, 6) is 0. The predicted octanol–water partition coefficient (Wildman–Crippen LogP) is 9.59. The first-order valence-electron chi connectivity index (χ1n) is 12.0. The van der Waals surface area contributed by atoms with Crippen LogP contribution < -0.4 is 0 Å². The first-order chi connectivity index (χ1) is 16.5. The molecule has 0 aromatic heterocycles. The van der Waals surface area contributed by atoms with Crippen LogP contribution in [0.4, 0.5) is 0 Å². The summed E-state index contributed by atoms with van der Waals surface area (Å²) >= 11 is 0. The molecule has 0 aliphatic carbocycles. The standard InChI is InChI=1S/C34H30/c1-23-10-5-7-14-31(23)33-21-29(18-16-25(33)3)27-12-9-13-28(20-27)30-19-17-26(4)34(22-30)32-15-8-6-11-24(32)2/h5-22H,1-4H3. The molecule has 0 spiro atoms. The van der Waals surface area contributed by atoms with Gasteiger partial charge >= 0.3 is 0 Å². The second kappa shape index (κ2) is 9.15. The quantitative estimate of drug-likeness (QED) is 0.262. The first kappa shape index (κ1) is 21.9. The van der Waals surface area contributed by atoms with Gasteiger partial charge in [-0.15, -0.1) is 0 Å². The number of rotatable bonds is 4. The molecule has 0 fully saturated rings. The zero-order valence-corrected chi connectivity index (χ0v) is 20.4. The Labute approximate surface area is 203 Å². The molecule has 0 bridgehead atoms. The molecule has 0 aliphatic rings. The Kier molecular flexibility index (Phi) is 5.90. The van der Waals surface area contributed by atoms with Crippen molar-refractivity contribution in [3.63, 3.8) is 0 Å². The van der Waals surface area contributed by atoms with Crippen molar-refractivity contribution < 1.29 is 0 Å². The van der Waals surface area contributed by atoms with Crippen LogP contribution in [0.25, 0.3) is 44.5 Å². The Morgan fingerprint density at radius 3 is 1.12 bits per heavy atom. The second-order valence-electron chi connectivity index (χ2n) is 9.27. The SMILES string of the molecule is Cc1ccccc1-c1cc(-c2cccc(-c3ccc(C)c(-c4ccccc4C)c3)c2)ccc1C. The highest BCUT2D eigenvalue weighted by atomic mass is 14.1. The van der Waals surface area contributed by atoms with E-state index in [1.165, 1.54) is 66.8 Å². The van der Waals surface area contributed by atoms with Gasteiger partial charge in [0.1, 0.15) is 0 Å². The molecule has 5 aromatic rings. The Morgan fingerprint density at radius 1 is 0.294 bits per heavy atom. The lowest BCUT2D eigenvalue weighted by atomic mass is 9.90. The second-order valence-corrected chi connectivity index (χ2v) is 9.27. The fraction of sp³-hybridized carbons (Fsp3) is 0.118. The Hall–Kier alpha value is -3.90. The molecule has 0 nitrogen and oxygen atoms in total. The Morgan fingerprint density at radius 2 is 0.676 bits per heavy atom. The van der Waals surface area contributed by atoms with Crippen LogP contribution in [0.5, 0.6) is 0 Å². The molecule has 0 amide bonds. The molecule has 5 rings (SSSR count). The van der Waals surface area contributed by atoms with Gasteiger partial charge in [0, 0.05) is 0 Å². The molecule has 0 heterocycles. The maximum atomic E-state index is 2.34. The molecule has 0 saturated carbocycles. The number of hydrogen-bond acceptors (Lipinski definition) is 0. The molecule has 0 radical (unpaired) electrons. The fourth-order valence-electron chi connectivity index (χ4n) is 4.81. The molecule has 5 aromatic carbocycles. The zero-order chi connectivity index (χ0) is 23.7. The van der Waals surface area contributed by atoms with E-state index in [9.17, 15) is 0 Å². The summed E-state index contributed by atoms with van der Waals surface area (Å²) < 4.78 is 0. The van der Waals surface area contributed by atoms with Crippen molar-refractivity contribution in [2.45, 2.75) is 27.7 Å². The maximum absolute atomic E-state index is 2.34. The molecular formula is C34H30.